The Morgan fingerprint density at radius 3 is 2.83 bits per heavy atom. The first-order valence-electron chi connectivity index (χ1n) is 8.41. The summed E-state index contributed by atoms with van der Waals surface area (Å²) >= 11 is 14.7. The third kappa shape index (κ3) is 4.33. The summed E-state index contributed by atoms with van der Waals surface area (Å²) in [5.41, 5.74) is 0.800. The Hall–Kier alpha value is -2.32. The van der Waals surface area contributed by atoms with Crippen molar-refractivity contribution in [1.29, 1.82) is 0 Å². The Labute approximate surface area is 185 Å². The van der Waals surface area contributed by atoms with E-state index in [-0.39, 0.29) is 5.91 Å². The van der Waals surface area contributed by atoms with Crippen molar-refractivity contribution in [3.8, 4) is 11.3 Å². The monoisotopic (exact) mass is 461 g/mol. The molecule has 4 rings (SSSR count). The standard InChI is InChI=1S/C20H13Cl2N3O2S2/c1-2-8-25-18(26)17(29-20(25)24-19-23-7-9-28-19)11-13-4-6-16(27-13)12-3-5-14(21)15(22)10-12/h2-7,9-11H,1,8H2/b17-11+,24-20+. The van der Waals surface area contributed by atoms with Crippen LogP contribution in [0.5, 0.6) is 0 Å². The molecule has 0 bridgehead atoms. The summed E-state index contributed by atoms with van der Waals surface area (Å²) in [6.07, 6.45) is 5.04. The third-order valence-corrected chi connectivity index (χ3v) is 6.33. The molecule has 0 radical (unpaired) electrons. The third-order valence-electron chi connectivity index (χ3n) is 3.91. The lowest BCUT2D eigenvalue weighted by molar-refractivity contribution is -0.121. The molecule has 1 fully saturated rings. The van der Waals surface area contributed by atoms with Crippen molar-refractivity contribution in [2.75, 3.05) is 6.54 Å². The van der Waals surface area contributed by atoms with Gasteiger partial charge in [-0.3, -0.25) is 9.69 Å². The predicted octanol–water partition coefficient (Wildman–Crippen LogP) is 6.50. The fourth-order valence-corrected chi connectivity index (χ4v) is 4.43. The quantitative estimate of drug-likeness (QED) is 0.321. The van der Waals surface area contributed by atoms with Crippen LogP contribution < -0.4 is 0 Å². The van der Waals surface area contributed by atoms with Gasteiger partial charge in [0.1, 0.15) is 11.5 Å². The van der Waals surface area contributed by atoms with Gasteiger partial charge in [0, 0.05) is 29.8 Å². The molecule has 0 spiro atoms. The molecular weight excluding hydrogens is 449 g/mol. The minimum absolute atomic E-state index is 0.155. The van der Waals surface area contributed by atoms with Crippen molar-refractivity contribution < 1.29 is 9.21 Å². The number of halogens is 2. The zero-order valence-corrected chi connectivity index (χ0v) is 18.0. The molecule has 9 heteroatoms. The number of hydrogen-bond donors (Lipinski definition) is 0. The van der Waals surface area contributed by atoms with E-state index in [1.54, 1.807) is 41.4 Å². The first-order chi connectivity index (χ1) is 14.0. The molecule has 1 aliphatic rings. The predicted molar refractivity (Wildman–Crippen MR) is 121 cm³/mol. The number of benzene rings is 1. The smallest absolute Gasteiger partial charge is 0.267 e. The van der Waals surface area contributed by atoms with Gasteiger partial charge in [0.05, 0.1) is 15.0 Å². The second-order valence-electron chi connectivity index (χ2n) is 5.86. The molecule has 1 aliphatic heterocycles. The van der Waals surface area contributed by atoms with Gasteiger partial charge in [-0.15, -0.1) is 17.9 Å². The van der Waals surface area contributed by atoms with E-state index in [1.165, 1.54) is 23.1 Å². The molecule has 0 atom stereocenters. The highest BCUT2D eigenvalue weighted by Crippen LogP contribution is 2.35. The Morgan fingerprint density at radius 1 is 1.24 bits per heavy atom. The number of carbonyl (C=O) groups excluding carboxylic acids is 1. The molecule has 0 N–H and O–H groups in total. The fourth-order valence-electron chi connectivity index (χ4n) is 2.60. The van der Waals surface area contributed by atoms with E-state index in [1.807, 2.05) is 17.5 Å². The van der Waals surface area contributed by atoms with Crippen LogP contribution in [0.3, 0.4) is 0 Å². The van der Waals surface area contributed by atoms with E-state index in [2.05, 4.69) is 16.6 Å². The molecule has 1 amide bonds. The van der Waals surface area contributed by atoms with E-state index in [4.69, 9.17) is 27.6 Å². The number of thiazole rings is 1. The highest BCUT2D eigenvalue weighted by atomic mass is 35.5. The number of hydrogen-bond acceptors (Lipinski definition) is 6. The zero-order valence-electron chi connectivity index (χ0n) is 14.8. The van der Waals surface area contributed by atoms with Crippen LogP contribution in [0.15, 0.2) is 68.9 Å². The number of aliphatic imine (C=N–C) groups is 1. The van der Waals surface area contributed by atoms with Crippen LogP contribution in [0, 0.1) is 0 Å². The second kappa shape index (κ2) is 8.59. The number of amidine groups is 1. The van der Waals surface area contributed by atoms with Gasteiger partial charge in [0.15, 0.2) is 5.17 Å². The minimum Gasteiger partial charge on any atom is -0.457 e. The first-order valence-corrected chi connectivity index (χ1v) is 10.9. The zero-order chi connectivity index (χ0) is 20.4. The van der Waals surface area contributed by atoms with Gasteiger partial charge < -0.3 is 4.42 Å². The van der Waals surface area contributed by atoms with Crippen molar-refractivity contribution in [1.82, 2.24) is 9.88 Å². The molecule has 5 nitrogen and oxygen atoms in total. The minimum atomic E-state index is -0.155. The maximum atomic E-state index is 12.8. The van der Waals surface area contributed by atoms with Gasteiger partial charge >= 0.3 is 0 Å². The largest absolute Gasteiger partial charge is 0.457 e. The molecule has 29 heavy (non-hydrogen) atoms. The van der Waals surface area contributed by atoms with Gasteiger partial charge in [-0.05, 0) is 42.1 Å². The Balaban J connectivity index is 1.62. The molecule has 2 aromatic heterocycles. The Bertz CT molecular complexity index is 1140. The van der Waals surface area contributed by atoms with E-state index in [9.17, 15) is 4.79 Å². The second-order valence-corrected chi connectivity index (χ2v) is 8.55. The number of amides is 1. The topological polar surface area (TPSA) is 58.7 Å². The molecule has 0 saturated carbocycles. The van der Waals surface area contributed by atoms with Crippen LogP contribution >= 0.6 is 46.3 Å². The van der Waals surface area contributed by atoms with Gasteiger partial charge in [0.2, 0.25) is 5.13 Å². The van der Waals surface area contributed by atoms with Crippen molar-refractivity contribution in [2.45, 2.75) is 0 Å². The van der Waals surface area contributed by atoms with Gasteiger partial charge in [-0.1, -0.05) is 29.3 Å². The van der Waals surface area contributed by atoms with Gasteiger partial charge in [-0.25, -0.2) is 4.98 Å². The Morgan fingerprint density at radius 2 is 2.10 bits per heavy atom. The maximum Gasteiger partial charge on any atom is 0.267 e. The van der Waals surface area contributed by atoms with Crippen LogP contribution in [0.4, 0.5) is 5.13 Å². The summed E-state index contributed by atoms with van der Waals surface area (Å²) in [6, 6.07) is 8.89. The average Bonchev–Trinajstić information content (AvgIpc) is 3.43. The summed E-state index contributed by atoms with van der Waals surface area (Å²) < 4.78 is 5.88. The first kappa shape index (κ1) is 20.0. The van der Waals surface area contributed by atoms with Gasteiger partial charge in [-0.2, -0.15) is 4.99 Å². The lowest BCUT2D eigenvalue weighted by Gasteiger charge is -2.11. The number of thioether (sulfide) groups is 1. The molecule has 1 saturated heterocycles. The average molecular weight is 462 g/mol. The van der Waals surface area contributed by atoms with Crippen molar-refractivity contribution in [2.24, 2.45) is 4.99 Å². The van der Waals surface area contributed by atoms with E-state index >= 15 is 0 Å². The van der Waals surface area contributed by atoms with Crippen LogP contribution in [0.2, 0.25) is 10.0 Å². The number of rotatable bonds is 5. The summed E-state index contributed by atoms with van der Waals surface area (Å²) in [6.45, 7) is 4.08. The summed E-state index contributed by atoms with van der Waals surface area (Å²) in [5, 5.41) is 3.92. The Kier molecular flexibility index (Phi) is 5.91. The SMILES string of the molecule is C=CCN1C(=O)/C(=C\c2ccc(-c3ccc(Cl)c(Cl)c3)o2)S/C1=N/c1nccs1. The van der Waals surface area contributed by atoms with Crippen LogP contribution in [0.1, 0.15) is 5.76 Å². The number of carbonyl (C=O) groups is 1. The molecular formula is C20H13Cl2N3O2S2. The molecule has 3 aromatic rings. The highest BCUT2D eigenvalue weighted by Gasteiger charge is 2.33. The van der Waals surface area contributed by atoms with Crippen molar-refractivity contribution >= 4 is 68.6 Å². The fraction of sp³-hybridized carbons (Fsp3) is 0.0500. The number of furan rings is 1. The molecule has 146 valence electrons. The van der Waals surface area contributed by atoms with Crippen molar-refractivity contribution in [3.63, 3.8) is 0 Å². The van der Waals surface area contributed by atoms with E-state index < -0.39 is 0 Å². The molecule has 0 unspecified atom stereocenters. The van der Waals surface area contributed by atoms with E-state index in [0.29, 0.717) is 43.3 Å². The summed E-state index contributed by atoms with van der Waals surface area (Å²) in [4.78, 5) is 23.5. The molecule has 0 aliphatic carbocycles. The molecule has 1 aromatic carbocycles. The molecule has 3 heterocycles. The van der Waals surface area contributed by atoms with E-state index in [0.717, 1.165) is 5.56 Å². The summed E-state index contributed by atoms with van der Waals surface area (Å²) in [5.74, 6) is 1.03. The maximum absolute atomic E-state index is 12.8. The van der Waals surface area contributed by atoms with Crippen molar-refractivity contribution in [3.05, 3.63) is 75.3 Å². The number of aromatic nitrogens is 1. The lowest BCUT2D eigenvalue weighted by Crippen LogP contribution is -2.29. The highest BCUT2D eigenvalue weighted by molar-refractivity contribution is 8.18. The van der Waals surface area contributed by atoms with Crippen LogP contribution in [-0.2, 0) is 4.79 Å². The van der Waals surface area contributed by atoms with Crippen LogP contribution in [0.25, 0.3) is 17.4 Å². The normalized spacial score (nSPS) is 16.9. The number of nitrogens with zero attached hydrogens (tertiary/aromatic N) is 3. The van der Waals surface area contributed by atoms with Crippen LogP contribution in [-0.4, -0.2) is 27.5 Å². The van der Waals surface area contributed by atoms with Gasteiger partial charge in [0.25, 0.3) is 5.91 Å². The lowest BCUT2D eigenvalue weighted by atomic mass is 10.2. The summed E-state index contributed by atoms with van der Waals surface area (Å²) in [7, 11) is 0.